The molecule has 0 heterocycles. The van der Waals surface area contributed by atoms with Crippen molar-refractivity contribution in [3.8, 4) is 34.1 Å². The van der Waals surface area contributed by atoms with Crippen molar-refractivity contribution in [3.63, 3.8) is 0 Å². The molecule has 6 aromatic rings. The Morgan fingerprint density at radius 1 is 0.378 bits per heavy atom. The Morgan fingerprint density at radius 2 is 0.811 bits per heavy atom. The number of fused-ring (bicyclic) bond motifs is 5. The van der Waals surface area contributed by atoms with Crippen LogP contribution in [0.25, 0.3) is 32.7 Å². The molecule has 0 spiro atoms. The molecule has 1 aliphatic carbocycles. The smallest absolute Gasteiger partial charge is 0.121 e. The minimum atomic E-state index is -1.01. The van der Waals surface area contributed by atoms with Crippen LogP contribution in [0.4, 0.5) is 0 Å². The second kappa shape index (κ2) is 7.52. The first kappa shape index (κ1) is 21.3. The van der Waals surface area contributed by atoms with Crippen LogP contribution in [0.3, 0.4) is 0 Å². The summed E-state index contributed by atoms with van der Waals surface area (Å²) in [7, 11) is 0. The van der Waals surface area contributed by atoms with E-state index in [-0.39, 0.29) is 23.0 Å². The summed E-state index contributed by atoms with van der Waals surface area (Å²) in [6.07, 6.45) is 0. The highest BCUT2D eigenvalue weighted by Crippen LogP contribution is 2.60. The topological polar surface area (TPSA) is 80.9 Å². The molecule has 4 heteroatoms. The van der Waals surface area contributed by atoms with Crippen molar-refractivity contribution < 1.29 is 20.4 Å². The first-order chi connectivity index (χ1) is 18.0. The molecule has 0 unspecified atom stereocenters. The number of benzene rings is 6. The molecule has 1 aliphatic rings. The molecule has 0 atom stereocenters. The molecule has 0 aromatic heterocycles. The molecule has 37 heavy (non-hydrogen) atoms. The van der Waals surface area contributed by atoms with E-state index in [4.69, 9.17) is 0 Å². The van der Waals surface area contributed by atoms with Gasteiger partial charge in [0.15, 0.2) is 0 Å². The van der Waals surface area contributed by atoms with Crippen molar-refractivity contribution in [1.29, 1.82) is 0 Å². The largest absolute Gasteiger partial charge is 0.508 e. The van der Waals surface area contributed by atoms with Crippen LogP contribution in [-0.4, -0.2) is 20.4 Å². The fourth-order valence-corrected chi connectivity index (χ4v) is 6.11. The van der Waals surface area contributed by atoms with Gasteiger partial charge in [-0.2, -0.15) is 0 Å². The molecular formula is C33H22O4. The van der Waals surface area contributed by atoms with Gasteiger partial charge in [0.2, 0.25) is 0 Å². The fourth-order valence-electron chi connectivity index (χ4n) is 6.11. The van der Waals surface area contributed by atoms with Gasteiger partial charge in [-0.25, -0.2) is 0 Å². The zero-order chi connectivity index (χ0) is 25.3. The number of hydrogen-bond acceptors (Lipinski definition) is 4. The van der Waals surface area contributed by atoms with E-state index in [0.29, 0.717) is 21.9 Å². The lowest BCUT2D eigenvalue weighted by Gasteiger charge is -2.35. The maximum atomic E-state index is 11.6. The molecule has 0 fully saturated rings. The maximum Gasteiger partial charge on any atom is 0.121 e. The summed E-state index contributed by atoms with van der Waals surface area (Å²) in [4.78, 5) is 0. The Morgan fingerprint density at radius 3 is 1.27 bits per heavy atom. The SMILES string of the molecule is Oc1ccc2cc(C3(c4cc5ccc(O)cc5cc4O)c4ccccc4-c4ccccc43)c(O)cc2c1. The molecular weight excluding hydrogens is 460 g/mol. The average molecular weight is 483 g/mol. The molecule has 0 radical (unpaired) electrons. The lowest BCUT2D eigenvalue weighted by molar-refractivity contribution is 0.449. The van der Waals surface area contributed by atoms with Gasteiger partial charge in [-0.15, -0.1) is 0 Å². The normalized spacial score (nSPS) is 13.5. The van der Waals surface area contributed by atoms with Crippen molar-refractivity contribution in [2.45, 2.75) is 5.41 Å². The zero-order valence-electron chi connectivity index (χ0n) is 19.7. The van der Waals surface area contributed by atoms with E-state index in [9.17, 15) is 20.4 Å². The van der Waals surface area contributed by atoms with Gasteiger partial charge in [0.1, 0.15) is 23.0 Å². The summed E-state index contributed by atoms with van der Waals surface area (Å²) in [5, 5.41) is 46.3. The van der Waals surface area contributed by atoms with Crippen LogP contribution < -0.4 is 0 Å². The molecule has 0 saturated carbocycles. The van der Waals surface area contributed by atoms with Crippen molar-refractivity contribution in [2.24, 2.45) is 0 Å². The second-order valence-electron chi connectivity index (χ2n) is 9.64. The second-order valence-corrected chi connectivity index (χ2v) is 9.64. The summed E-state index contributed by atoms with van der Waals surface area (Å²) >= 11 is 0. The highest BCUT2D eigenvalue weighted by molar-refractivity contribution is 5.94. The van der Waals surface area contributed by atoms with E-state index in [1.807, 2.05) is 48.5 Å². The monoisotopic (exact) mass is 482 g/mol. The van der Waals surface area contributed by atoms with Crippen LogP contribution in [0, 0.1) is 0 Å². The molecule has 6 aromatic carbocycles. The molecule has 0 amide bonds. The maximum absolute atomic E-state index is 11.6. The molecule has 4 N–H and O–H groups in total. The Bertz CT molecular complexity index is 1750. The molecule has 4 nitrogen and oxygen atoms in total. The summed E-state index contributed by atoms with van der Waals surface area (Å²) in [6, 6.07) is 33.6. The third-order valence-corrected chi connectivity index (χ3v) is 7.64. The van der Waals surface area contributed by atoms with Crippen LogP contribution in [-0.2, 0) is 5.41 Å². The number of aromatic hydroxyl groups is 4. The van der Waals surface area contributed by atoms with Crippen LogP contribution in [0.1, 0.15) is 22.3 Å². The van der Waals surface area contributed by atoms with Gasteiger partial charge in [-0.1, -0.05) is 60.7 Å². The lowest BCUT2D eigenvalue weighted by atomic mass is 9.66. The molecule has 0 aliphatic heterocycles. The predicted molar refractivity (Wildman–Crippen MR) is 145 cm³/mol. The minimum absolute atomic E-state index is 0.0646. The number of phenolic OH excluding ortho intramolecular Hbond substituents is 4. The molecule has 0 bridgehead atoms. The van der Waals surface area contributed by atoms with E-state index < -0.39 is 5.41 Å². The van der Waals surface area contributed by atoms with Crippen LogP contribution in [0.2, 0.25) is 0 Å². The van der Waals surface area contributed by atoms with Gasteiger partial charge in [0.05, 0.1) is 5.41 Å². The van der Waals surface area contributed by atoms with Crippen LogP contribution in [0.5, 0.6) is 23.0 Å². The Balaban J connectivity index is 1.68. The van der Waals surface area contributed by atoms with Gasteiger partial charge in [0.25, 0.3) is 0 Å². The quantitative estimate of drug-likeness (QED) is 0.210. The third kappa shape index (κ3) is 2.90. The predicted octanol–water partition coefficient (Wildman–Crippen LogP) is 7.18. The fraction of sp³-hybridized carbons (Fsp3) is 0.0303. The minimum Gasteiger partial charge on any atom is -0.508 e. The number of hydrogen-bond donors (Lipinski definition) is 4. The first-order valence-electron chi connectivity index (χ1n) is 12.1. The Hall–Kier alpha value is -4.96. The van der Waals surface area contributed by atoms with Gasteiger partial charge in [-0.05, 0) is 92.3 Å². The van der Waals surface area contributed by atoms with Crippen molar-refractivity contribution in [1.82, 2.24) is 0 Å². The Kier molecular flexibility index (Phi) is 4.33. The molecule has 0 saturated heterocycles. The van der Waals surface area contributed by atoms with E-state index >= 15 is 0 Å². The number of phenols is 4. The Labute approximate surface area is 213 Å². The van der Waals surface area contributed by atoms with Gasteiger partial charge >= 0.3 is 0 Å². The lowest BCUT2D eigenvalue weighted by Crippen LogP contribution is -2.29. The average Bonchev–Trinajstić information content (AvgIpc) is 3.19. The van der Waals surface area contributed by atoms with Gasteiger partial charge < -0.3 is 20.4 Å². The standard InChI is InChI=1S/C33H22O4/c34-23-11-9-19-15-29(31(36)17-21(19)13-23)33(30-16-20-10-12-24(35)14-22(20)18-32(30)37)27-7-3-1-5-25(27)26-6-2-4-8-28(26)33/h1-18,34-37H. The van der Waals surface area contributed by atoms with E-state index in [1.54, 1.807) is 36.4 Å². The van der Waals surface area contributed by atoms with Crippen molar-refractivity contribution in [2.75, 3.05) is 0 Å². The summed E-state index contributed by atoms with van der Waals surface area (Å²) in [6.45, 7) is 0. The van der Waals surface area contributed by atoms with E-state index in [0.717, 1.165) is 33.0 Å². The van der Waals surface area contributed by atoms with Crippen molar-refractivity contribution >= 4 is 21.5 Å². The number of rotatable bonds is 2. The molecule has 7 rings (SSSR count). The van der Waals surface area contributed by atoms with E-state index in [1.165, 1.54) is 0 Å². The summed E-state index contributed by atoms with van der Waals surface area (Å²) < 4.78 is 0. The van der Waals surface area contributed by atoms with E-state index in [2.05, 4.69) is 24.3 Å². The van der Waals surface area contributed by atoms with Gasteiger partial charge in [-0.3, -0.25) is 0 Å². The highest BCUT2D eigenvalue weighted by atomic mass is 16.3. The highest BCUT2D eigenvalue weighted by Gasteiger charge is 2.49. The van der Waals surface area contributed by atoms with Crippen molar-refractivity contribution in [3.05, 3.63) is 131 Å². The summed E-state index contributed by atoms with van der Waals surface area (Å²) in [5.41, 5.74) is 4.24. The van der Waals surface area contributed by atoms with Crippen LogP contribution in [0.15, 0.2) is 109 Å². The van der Waals surface area contributed by atoms with Gasteiger partial charge in [0, 0.05) is 11.1 Å². The summed E-state index contributed by atoms with van der Waals surface area (Å²) in [5.74, 6) is 0.382. The zero-order valence-corrected chi connectivity index (χ0v) is 19.7. The first-order valence-corrected chi connectivity index (χ1v) is 12.1. The third-order valence-electron chi connectivity index (χ3n) is 7.64. The molecule has 178 valence electrons. The van der Waals surface area contributed by atoms with Crippen LogP contribution >= 0.6 is 0 Å².